The minimum absolute atomic E-state index is 0.685. The van der Waals surface area contributed by atoms with Crippen LogP contribution in [0.3, 0.4) is 0 Å². The molecule has 0 radical (unpaired) electrons. The summed E-state index contributed by atoms with van der Waals surface area (Å²) < 4.78 is 2.15. The van der Waals surface area contributed by atoms with E-state index in [9.17, 15) is 0 Å². The van der Waals surface area contributed by atoms with Crippen LogP contribution in [0.5, 0.6) is 0 Å². The van der Waals surface area contributed by atoms with Crippen LogP contribution in [0.15, 0.2) is 0 Å². The molecule has 0 spiro atoms. The van der Waals surface area contributed by atoms with Gasteiger partial charge in [0.25, 0.3) is 0 Å². The van der Waals surface area contributed by atoms with Crippen molar-refractivity contribution in [3.05, 3.63) is 17.0 Å². The summed E-state index contributed by atoms with van der Waals surface area (Å²) >= 11 is 0. The average molecular weight is 207 g/mol. The number of aryl methyl sites for hydroxylation is 1. The van der Waals surface area contributed by atoms with Gasteiger partial charge in [-0.25, -0.2) is 0 Å². The zero-order valence-electron chi connectivity index (χ0n) is 9.79. The lowest BCUT2D eigenvalue weighted by Crippen LogP contribution is -2.18. The van der Waals surface area contributed by atoms with E-state index in [4.69, 9.17) is 5.73 Å². The molecule has 1 aromatic rings. The molecule has 1 aromatic heterocycles. The van der Waals surface area contributed by atoms with E-state index >= 15 is 0 Å². The molecule has 1 aliphatic rings. The Hall–Kier alpha value is -0.830. The van der Waals surface area contributed by atoms with Crippen molar-refractivity contribution < 1.29 is 0 Å². The second-order valence-electron chi connectivity index (χ2n) is 4.46. The van der Waals surface area contributed by atoms with Crippen molar-refractivity contribution >= 4 is 0 Å². The lowest BCUT2D eigenvalue weighted by Gasteiger charge is -2.23. The molecule has 0 saturated carbocycles. The predicted molar refractivity (Wildman–Crippen MR) is 62.0 cm³/mol. The number of nitrogens with two attached hydrogens (primary N) is 1. The largest absolute Gasteiger partial charge is 0.329 e. The third-order valence-corrected chi connectivity index (χ3v) is 3.49. The van der Waals surface area contributed by atoms with Gasteiger partial charge in [-0.1, -0.05) is 6.92 Å². The van der Waals surface area contributed by atoms with Crippen molar-refractivity contribution in [1.29, 1.82) is 0 Å². The van der Waals surface area contributed by atoms with Crippen LogP contribution >= 0.6 is 0 Å². The molecule has 1 atom stereocenters. The van der Waals surface area contributed by atoms with Crippen LogP contribution in [0.4, 0.5) is 0 Å². The first-order chi connectivity index (χ1) is 7.27. The highest BCUT2D eigenvalue weighted by Crippen LogP contribution is 2.35. The fourth-order valence-electron chi connectivity index (χ4n) is 2.75. The topological polar surface area (TPSA) is 43.8 Å². The van der Waals surface area contributed by atoms with Crippen LogP contribution in [0.1, 0.15) is 49.1 Å². The Balaban J connectivity index is 2.41. The summed E-state index contributed by atoms with van der Waals surface area (Å²) in [4.78, 5) is 0. The Labute approximate surface area is 91.7 Å². The van der Waals surface area contributed by atoms with Crippen molar-refractivity contribution in [2.45, 2.75) is 52.0 Å². The monoisotopic (exact) mass is 207 g/mol. The molecular formula is C12H21N3. The maximum absolute atomic E-state index is 5.63. The Morgan fingerprint density at radius 1 is 1.53 bits per heavy atom. The van der Waals surface area contributed by atoms with Crippen molar-refractivity contribution in [2.24, 2.45) is 5.73 Å². The summed E-state index contributed by atoms with van der Waals surface area (Å²) in [5, 5.41) is 4.62. The second kappa shape index (κ2) is 4.35. The van der Waals surface area contributed by atoms with Gasteiger partial charge in [-0.05, 0) is 38.2 Å². The zero-order chi connectivity index (χ0) is 10.8. The normalized spacial score (nSPS) is 20.3. The molecule has 0 bridgehead atoms. The zero-order valence-corrected chi connectivity index (χ0v) is 9.79. The molecule has 0 saturated heterocycles. The number of nitrogens with zero attached hydrogens (tertiary/aromatic N) is 2. The number of aromatic nitrogens is 2. The Kier molecular flexibility index (Phi) is 3.10. The Morgan fingerprint density at radius 3 is 3.00 bits per heavy atom. The highest BCUT2D eigenvalue weighted by Gasteiger charge is 2.25. The van der Waals surface area contributed by atoms with Crippen LogP contribution in [0.25, 0.3) is 0 Å². The van der Waals surface area contributed by atoms with Gasteiger partial charge >= 0.3 is 0 Å². The quantitative estimate of drug-likeness (QED) is 0.823. The van der Waals surface area contributed by atoms with E-state index in [-0.39, 0.29) is 0 Å². The molecular weight excluding hydrogens is 186 g/mol. The first kappa shape index (κ1) is 10.7. The number of rotatable bonds is 3. The molecule has 84 valence electrons. The van der Waals surface area contributed by atoms with Gasteiger partial charge in [0.15, 0.2) is 0 Å². The molecule has 1 aliphatic carbocycles. The highest BCUT2D eigenvalue weighted by atomic mass is 15.3. The Bertz CT molecular complexity index is 341. The molecule has 0 aliphatic heterocycles. The molecule has 1 heterocycles. The third kappa shape index (κ3) is 1.81. The first-order valence-electron chi connectivity index (χ1n) is 6.04. The van der Waals surface area contributed by atoms with Crippen LogP contribution in [0.2, 0.25) is 0 Å². The molecule has 1 unspecified atom stereocenters. The van der Waals surface area contributed by atoms with E-state index in [0.29, 0.717) is 12.5 Å². The number of hydrogen-bond donors (Lipinski definition) is 1. The van der Waals surface area contributed by atoms with Gasteiger partial charge < -0.3 is 5.73 Å². The van der Waals surface area contributed by atoms with Crippen LogP contribution < -0.4 is 5.73 Å². The van der Waals surface area contributed by atoms with Gasteiger partial charge in [0.2, 0.25) is 0 Å². The third-order valence-electron chi connectivity index (χ3n) is 3.49. The molecule has 0 aromatic carbocycles. The fraction of sp³-hybridized carbons (Fsp3) is 0.750. The maximum atomic E-state index is 5.63. The fourth-order valence-corrected chi connectivity index (χ4v) is 2.75. The minimum Gasteiger partial charge on any atom is -0.329 e. The van der Waals surface area contributed by atoms with Gasteiger partial charge in [-0.3, -0.25) is 4.68 Å². The maximum Gasteiger partial charge on any atom is 0.0628 e. The van der Waals surface area contributed by atoms with E-state index in [1.54, 1.807) is 0 Å². The van der Waals surface area contributed by atoms with Gasteiger partial charge in [-0.15, -0.1) is 0 Å². The summed E-state index contributed by atoms with van der Waals surface area (Å²) in [6.45, 7) is 5.95. The van der Waals surface area contributed by atoms with Gasteiger partial charge in [0, 0.05) is 18.2 Å². The summed E-state index contributed by atoms with van der Waals surface area (Å²) in [5.74, 6) is 0.710. The van der Waals surface area contributed by atoms with Crippen molar-refractivity contribution in [1.82, 2.24) is 9.78 Å². The van der Waals surface area contributed by atoms with E-state index in [1.807, 2.05) is 0 Å². The molecule has 0 amide bonds. The SMILES string of the molecule is CCC1CCCc2c(C)nn(CCN)c21. The second-order valence-corrected chi connectivity index (χ2v) is 4.46. The minimum atomic E-state index is 0.685. The van der Waals surface area contributed by atoms with Crippen molar-refractivity contribution in [3.8, 4) is 0 Å². The number of fused-ring (bicyclic) bond motifs is 1. The van der Waals surface area contributed by atoms with Gasteiger partial charge in [-0.2, -0.15) is 5.10 Å². The van der Waals surface area contributed by atoms with Crippen LogP contribution in [-0.4, -0.2) is 16.3 Å². The molecule has 15 heavy (non-hydrogen) atoms. The lowest BCUT2D eigenvalue weighted by molar-refractivity contribution is 0.479. The molecule has 3 nitrogen and oxygen atoms in total. The van der Waals surface area contributed by atoms with E-state index in [2.05, 4.69) is 23.6 Å². The van der Waals surface area contributed by atoms with Crippen molar-refractivity contribution in [2.75, 3.05) is 6.54 Å². The molecule has 3 heteroatoms. The lowest BCUT2D eigenvalue weighted by atomic mass is 9.85. The van der Waals surface area contributed by atoms with E-state index < -0.39 is 0 Å². The smallest absolute Gasteiger partial charge is 0.0628 e. The first-order valence-corrected chi connectivity index (χ1v) is 6.04. The summed E-state index contributed by atoms with van der Waals surface area (Å²) in [5.41, 5.74) is 9.83. The molecule has 2 N–H and O–H groups in total. The van der Waals surface area contributed by atoms with E-state index in [1.165, 1.54) is 42.6 Å². The van der Waals surface area contributed by atoms with E-state index in [0.717, 1.165) is 6.54 Å². The van der Waals surface area contributed by atoms with Crippen molar-refractivity contribution in [3.63, 3.8) is 0 Å². The summed E-state index contributed by atoms with van der Waals surface area (Å²) in [7, 11) is 0. The summed E-state index contributed by atoms with van der Waals surface area (Å²) in [6, 6.07) is 0. The standard InChI is InChI=1S/C12H21N3/c1-3-10-5-4-6-11-9(2)14-15(8-7-13)12(10)11/h10H,3-8,13H2,1-2H3. The average Bonchev–Trinajstić information content (AvgIpc) is 2.57. The molecule has 0 fully saturated rings. The van der Waals surface area contributed by atoms with Crippen LogP contribution in [-0.2, 0) is 13.0 Å². The van der Waals surface area contributed by atoms with Crippen LogP contribution in [0, 0.1) is 6.92 Å². The summed E-state index contributed by atoms with van der Waals surface area (Å²) in [6.07, 6.45) is 5.07. The highest BCUT2D eigenvalue weighted by molar-refractivity contribution is 5.31. The predicted octanol–water partition coefficient (Wildman–Crippen LogP) is 1.98. The van der Waals surface area contributed by atoms with Gasteiger partial charge in [0.1, 0.15) is 0 Å². The van der Waals surface area contributed by atoms with Gasteiger partial charge in [0.05, 0.1) is 12.2 Å². The number of hydrogen-bond acceptors (Lipinski definition) is 2. The Morgan fingerprint density at radius 2 is 2.33 bits per heavy atom. The molecule has 2 rings (SSSR count).